The standard InChI is InChI=1S/C21H25N5O/c1-23-20(27)16-10-8-15(9-11-16)13-26-19-7-3-2-6-18(19)24-21(26)25-12-4-5-17(22)14-25/h2-3,6-11,17H,4-5,12-14,22H2,1H3,(H,23,27). The largest absolute Gasteiger partial charge is 0.355 e. The lowest BCUT2D eigenvalue weighted by atomic mass is 10.1. The number of piperidine rings is 1. The quantitative estimate of drug-likeness (QED) is 0.746. The van der Waals surface area contributed by atoms with E-state index in [2.05, 4.69) is 20.9 Å². The molecule has 1 aliphatic heterocycles. The summed E-state index contributed by atoms with van der Waals surface area (Å²) in [6.45, 7) is 2.52. The maximum absolute atomic E-state index is 11.8. The highest BCUT2D eigenvalue weighted by Gasteiger charge is 2.22. The van der Waals surface area contributed by atoms with E-state index >= 15 is 0 Å². The van der Waals surface area contributed by atoms with Crippen molar-refractivity contribution in [3.8, 4) is 0 Å². The molecule has 1 unspecified atom stereocenters. The average Bonchev–Trinajstić information content (AvgIpc) is 3.06. The summed E-state index contributed by atoms with van der Waals surface area (Å²) >= 11 is 0. The number of imidazole rings is 1. The Labute approximate surface area is 159 Å². The van der Waals surface area contributed by atoms with Crippen LogP contribution in [0.25, 0.3) is 11.0 Å². The third kappa shape index (κ3) is 3.53. The van der Waals surface area contributed by atoms with E-state index in [1.165, 1.54) is 0 Å². The summed E-state index contributed by atoms with van der Waals surface area (Å²) in [6.07, 6.45) is 2.16. The second kappa shape index (κ2) is 7.40. The number of hydrogen-bond acceptors (Lipinski definition) is 4. The number of anilines is 1. The normalized spacial score (nSPS) is 17.3. The van der Waals surface area contributed by atoms with Gasteiger partial charge in [0.15, 0.2) is 0 Å². The van der Waals surface area contributed by atoms with E-state index in [4.69, 9.17) is 10.7 Å². The van der Waals surface area contributed by atoms with Crippen LogP contribution in [0.5, 0.6) is 0 Å². The maximum atomic E-state index is 11.8. The van der Waals surface area contributed by atoms with Gasteiger partial charge in [-0.25, -0.2) is 4.98 Å². The van der Waals surface area contributed by atoms with Crippen LogP contribution in [0.3, 0.4) is 0 Å². The molecular formula is C21H25N5O. The average molecular weight is 363 g/mol. The number of nitrogens with zero attached hydrogens (tertiary/aromatic N) is 3. The number of amides is 1. The first-order chi connectivity index (χ1) is 13.2. The van der Waals surface area contributed by atoms with Gasteiger partial charge in [0, 0.05) is 31.7 Å². The summed E-state index contributed by atoms with van der Waals surface area (Å²) in [5.74, 6) is 0.902. The fraction of sp³-hybridized carbons (Fsp3) is 0.333. The summed E-state index contributed by atoms with van der Waals surface area (Å²) in [5, 5.41) is 2.65. The Hall–Kier alpha value is -2.86. The predicted octanol–water partition coefficient (Wildman–Crippen LogP) is 2.37. The molecule has 6 nitrogen and oxygen atoms in total. The van der Waals surface area contributed by atoms with Crippen LogP contribution in [0.2, 0.25) is 0 Å². The minimum Gasteiger partial charge on any atom is -0.355 e. The summed E-state index contributed by atoms with van der Waals surface area (Å²) in [6, 6.07) is 16.1. The van der Waals surface area contributed by atoms with Crippen molar-refractivity contribution in [2.75, 3.05) is 25.0 Å². The van der Waals surface area contributed by atoms with Crippen molar-refractivity contribution in [2.45, 2.75) is 25.4 Å². The van der Waals surface area contributed by atoms with Gasteiger partial charge in [-0.05, 0) is 42.7 Å². The van der Waals surface area contributed by atoms with Crippen LogP contribution < -0.4 is 16.0 Å². The van der Waals surface area contributed by atoms with Gasteiger partial charge in [-0.15, -0.1) is 0 Å². The Morgan fingerprint density at radius 3 is 2.74 bits per heavy atom. The van der Waals surface area contributed by atoms with Crippen LogP contribution in [0.4, 0.5) is 5.95 Å². The Kier molecular flexibility index (Phi) is 4.81. The minimum atomic E-state index is -0.0716. The fourth-order valence-electron chi connectivity index (χ4n) is 3.74. The van der Waals surface area contributed by atoms with Gasteiger partial charge in [-0.2, -0.15) is 0 Å². The number of nitrogens with one attached hydrogen (secondary N) is 1. The van der Waals surface area contributed by atoms with Crippen molar-refractivity contribution in [1.29, 1.82) is 0 Å². The summed E-state index contributed by atoms with van der Waals surface area (Å²) in [7, 11) is 1.64. The van der Waals surface area contributed by atoms with Crippen molar-refractivity contribution >= 4 is 22.9 Å². The summed E-state index contributed by atoms with van der Waals surface area (Å²) < 4.78 is 2.25. The van der Waals surface area contributed by atoms with E-state index in [1.54, 1.807) is 7.05 Å². The zero-order valence-electron chi connectivity index (χ0n) is 15.6. The molecule has 1 atom stereocenters. The van der Waals surface area contributed by atoms with Crippen molar-refractivity contribution in [2.24, 2.45) is 5.73 Å². The van der Waals surface area contributed by atoms with Crippen LogP contribution >= 0.6 is 0 Å². The highest BCUT2D eigenvalue weighted by atomic mass is 16.1. The van der Waals surface area contributed by atoms with Gasteiger partial charge in [0.1, 0.15) is 0 Å². The summed E-state index contributed by atoms with van der Waals surface area (Å²) in [4.78, 5) is 19.0. The van der Waals surface area contributed by atoms with Crippen molar-refractivity contribution < 1.29 is 4.79 Å². The molecule has 0 spiro atoms. The lowest BCUT2D eigenvalue weighted by Gasteiger charge is -2.32. The number of rotatable bonds is 4. The topological polar surface area (TPSA) is 76.2 Å². The molecule has 0 aliphatic carbocycles. The number of carbonyl (C=O) groups excluding carboxylic acids is 1. The molecular weight excluding hydrogens is 338 g/mol. The van der Waals surface area contributed by atoms with Gasteiger partial charge >= 0.3 is 0 Å². The number of benzene rings is 2. The molecule has 27 heavy (non-hydrogen) atoms. The van der Waals surface area contributed by atoms with Crippen LogP contribution in [-0.4, -0.2) is 41.6 Å². The molecule has 0 radical (unpaired) electrons. The Balaban J connectivity index is 1.69. The van der Waals surface area contributed by atoms with Gasteiger partial charge in [0.05, 0.1) is 17.6 Å². The molecule has 1 aromatic heterocycles. The van der Waals surface area contributed by atoms with E-state index in [0.717, 1.165) is 48.5 Å². The van der Waals surface area contributed by atoms with E-state index in [-0.39, 0.29) is 11.9 Å². The number of aromatic nitrogens is 2. The highest BCUT2D eigenvalue weighted by molar-refractivity contribution is 5.93. The lowest BCUT2D eigenvalue weighted by Crippen LogP contribution is -2.44. The van der Waals surface area contributed by atoms with Crippen LogP contribution in [-0.2, 0) is 6.54 Å². The molecule has 1 amide bonds. The molecule has 6 heteroatoms. The minimum absolute atomic E-state index is 0.0716. The fourth-order valence-corrected chi connectivity index (χ4v) is 3.74. The van der Waals surface area contributed by atoms with Gasteiger partial charge in [-0.1, -0.05) is 24.3 Å². The maximum Gasteiger partial charge on any atom is 0.251 e. The predicted molar refractivity (Wildman–Crippen MR) is 108 cm³/mol. The molecule has 1 aliphatic rings. The number of carbonyl (C=O) groups is 1. The smallest absolute Gasteiger partial charge is 0.251 e. The zero-order chi connectivity index (χ0) is 18.8. The lowest BCUT2D eigenvalue weighted by molar-refractivity contribution is 0.0963. The van der Waals surface area contributed by atoms with E-state index < -0.39 is 0 Å². The Bertz CT molecular complexity index is 947. The van der Waals surface area contributed by atoms with Crippen molar-refractivity contribution in [1.82, 2.24) is 14.9 Å². The number of para-hydroxylation sites is 2. The van der Waals surface area contributed by atoms with E-state index in [0.29, 0.717) is 12.1 Å². The monoisotopic (exact) mass is 363 g/mol. The first-order valence-electron chi connectivity index (χ1n) is 9.42. The molecule has 140 valence electrons. The molecule has 4 rings (SSSR count). The molecule has 1 saturated heterocycles. The van der Waals surface area contributed by atoms with Crippen molar-refractivity contribution in [3.63, 3.8) is 0 Å². The van der Waals surface area contributed by atoms with Gasteiger partial charge < -0.3 is 20.5 Å². The van der Waals surface area contributed by atoms with Crippen LogP contribution in [0.15, 0.2) is 48.5 Å². The number of nitrogens with two attached hydrogens (primary N) is 1. The SMILES string of the molecule is CNC(=O)c1ccc(Cn2c(N3CCCC(N)C3)nc3ccccc32)cc1. The molecule has 2 aromatic carbocycles. The highest BCUT2D eigenvalue weighted by Crippen LogP contribution is 2.26. The molecule has 0 saturated carbocycles. The molecule has 0 bridgehead atoms. The third-order valence-corrected chi connectivity index (χ3v) is 5.16. The Morgan fingerprint density at radius 1 is 1.22 bits per heavy atom. The first-order valence-corrected chi connectivity index (χ1v) is 9.42. The molecule has 2 heterocycles. The van der Waals surface area contributed by atoms with Crippen LogP contribution in [0.1, 0.15) is 28.8 Å². The molecule has 1 fully saturated rings. The first kappa shape index (κ1) is 17.5. The third-order valence-electron chi connectivity index (χ3n) is 5.16. The number of fused-ring (bicyclic) bond motifs is 1. The van der Waals surface area contributed by atoms with Crippen molar-refractivity contribution in [3.05, 3.63) is 59.7 Å². The van der Waals surface area contributed by atoms with Crippen LogP contribution in [0, 0.1) is 0 Å². The summed E-state index contributed by atoms with van der Waals surface area (Å²) in [5.41, 5.74) is 10.1. The van der Waals surface area contributed by atoms with E-state index in [1.807, 2.05) is 42.5 Å². The van der Waals surface area contributed by atoms with E-state index in [9.17, 15) is 4.79 Å². The number of hydrogen-bond donors (Lipinski definition) is 2. The van der Waals surface area contributed by atoms with Gasteiger partial charge in [0.25, 0.3) is 5.91 Å². The molecule has 3 aromatic rings. The molecule has 3 N–H and O–H groups in total. The van der Waals surface area contributed by atoms with Gasteiger partial charge in [-0.3, -0.25) is 4.79 Å². The van der Waals surface area contributed by atoms with Gasteiger partial charge in [0.2, 0.25) is 5.95 Å². The Morgan fingerprint density at radius 2 is 2.00 bits per heavy atom. The zero-order valence-corrected chi connectivity index (χ0v) is 15.6. The second-order valence-corrected chi connectivity index (χ2v) is 7.11. The second-order valence-electron chi connectivity index (χ2n) is 7.11.